The first-order valence-electron chi connectivity index (χ1n) is 5.74. The third-order valence-electron chi connectivity index (χ3n) is 2.29. The summed E-state index contributed by atoms with van der Waals surface area (Å²) in [5, 5.41) is 13.0. The first kappa shape index (κ1) is 14.4. The number of aliphatic hydroxyl groups is 1. The molecule has 1 heterocycles. The molecule has 2 N–H and O–H groups in total. The molecule has 1 atom stereocenters. The Labute approximate surface area is 110 Å². The summed E-state index contributed by atoms with van der Waals surface area (Å²) >= 11 is 3.30. The van der Waals surface area contributed by atoms with Crippen molar-refractivity contribution < 1.29 is 5.11 Å². The summed E-state index contributed by atoms with van der Waals surface area (Å²) in [4.78, 5) is 11.5. The van der Waals surface area contributed by atoms with Gasteiger partial charge in [0.2, 0.25) is 0 Å². The predicted molar refractivity (Wildman–Crippen MR) is 72.1 cm³/mol. The molecule has 1 aromatic heterocycles. The SMILES string of the molecule is CC(C)CNCC(O)Cn1cc(Br)ccc1=O. The summed E-state index contributed by atoms with van der Waals surface area (Å²) in [6.45, 7) is 5.89. The van der Waals surface area contributed by atoms with E-state index in [1.165, 1.54) is 10.6 Å². The molecule has 0 radical (unpaired) electrons. The molecule has 0 bridgehead atoms. The molecule has 0 amide bonds. The van der Waals surface area contributed by atoms with Crippen LogP contribution < -0.4 is 10.9 Å². The fourth-order valence-corrected chi connectivity index (χ4v) is 1.85. The molecule has 96 valence electrons. The standard InChI is InChI=1S/C12H19BrN2O2/c1-9(2)5-14-6-11(16)8-15-7-10(13)3-4-12(15)17/h3-4,7,9,11,14,16H,5-6,8H2,1-2H3. The maximum atomic E-state index is 11.5. The van der Waals surface area contributed by atoms with Crippen LogP contribution in [0.1, 0.15) is 13.8 Å². The fraction of sp³-hybridized carbons (Fsp3) is 0.583. The van der Waals surface area contributed by atoms with E-state index >= 15 is 0 Å². The number of nitrogens with one attached hydrogen (secondary N) is 1. The van der Waals surface area contributed by atoms with Crippen LogP contribution in [0.2, 0.25) is 0 Å². The van der Waals surface area contributed by atoms with E-state index in [-0.39, 0.29) is 5.56 Å². The lowest BCUT2D eigenvalue weighted by Gasteiger charge is -2.14. The van der Waals surface area contributed by atoms with Crippen LogP contribution in [0, 0.1) is 5.92 Å². The molecular formula is C12H19BrN2O2. The van der Waals surface area contributed by atoms with Crippen LogP contribution in [0.3, 0.4) is 0 Å². The van der Waals surface area contributed by atoms with Gasteiger partial charge in [-0.1, -0.05) is 13.8 Å². The van der Waals surface area contributed by atoms with Crippen molar-refractivity contribution in [3.05, 3.63) is 33.2 Å². The molecule has 4 nitrogen and oxygen atoms in total. The van der Waals surface area contributed by atoms with Gasteiger partial charge < -0.3 is 15.0 Å². The van der Waals surface area contributed by atoms with Gasteiger partial charge in [0, 0.05) is 23.3 Å². The highest BCUT2D eigenvalue weighted by atomic mass is 79.9. The van der Waals surface area contributed by atoms with E-state index in [9.17, 15) is 9.90 Å². The van der Waals surface area contributed by atoms with Crippen molar-refractivity contribution in [2.24, 2.45) is 5.92 Å². The van der Waals surface area contributed by atoms with Gasteiger partial charge in [-0.25, -0.2) is 0 Å². The van der Waals surface area contributed by atoms with Crippen molar-refractivity contribution in [1.29, 1.82) is 0 Å². The Morgan fingerprint density at radius 3 is 2.76 bits per heavy atom. The first-order chi connectivity index (χ1) is 7.99. The van der Waals surface area contributed by atoms with Crippen molar-refractivity contribution in [2.45, 2.75) is 26.5 Å². The molecule has 1 unspecified atom stereocenters. The van der Waals surface area contributed by atoms with Gasteiger partial charge in [-0.15, -0.1) is 0 Å². The number of rotatable bonds is 6. The zero-order chi connectivity index (χ0) is 12.8. The van der Waals surface area contributed by atoms with Crippen molar-refractivity contribution in [3.63, 3.8) is 0 Å². The highest BCUT2D eigenvalue weighted by Gasteiger charge is 2.06. The smallest absolute Gasteiger partial charge is 0.250 e. The molecule has 0 aromatic carbocycles. The second-order valence-corrected chi connectivity index (χ2v) is 5.46. The minimum atomic E-state index is -0.555. The zero-order valence-corrected chi connectivity index (χ0v) is 11.8. The summed E-state index contributed by atoms with van der Waals surface area (Å²) in [7, 11) is 0. The zero-order valence-electron chi connectivity index (χ0n) is 10.2. The summed E-state index contributed by atoms with van der Waals surface area (Å²) in [5.41, 5.74) is -0.101. The molecule has 5 heteroatoms. The fourth-order valence-electron chi connectivity index (χ4n) is 1.48. The summed E-state index contributed by atoms with van der Waals surface area (Å²) in [5.74, 6) is 0.552. The van der Waals surface area contributed by atoms with Gasteiger partial charge in [0.05, 0.1) is 12.6 Å². The van der Waals surface area contributed by atoms with Gasteiger partial charge in [-0.05, 0) is 34.5 Å². The molecule has 17 heavy (non-hydrogen) atoms. The van der Waals surface area contributed by atoms with E-state index in [2.05, 4.69) is 35.1 Å². The maximum absolute atomic E-state index is 11.5. The third kappa shape index (κ3) is 5.48. The number of halogens is 1. The van der Waals surface area contributed by atoms with Crippen molar-refractivity contribution in [1.82, 2.24) is 9.88 Å². The minimum Gasteiger partial charge on any atom is -0.390 e. The molecule has 0 aliphatic heterocycles. The van der Waals surface area contributed by atoms with E-state index < -0.39 is 6.10 Å². The maximum Gasteiger partial charge on any atom is 0.250 e. The Morgan fingerprint density at radius 2 is 2.12 bits per heavy atom. The van der Waals surface area contributed by atoms with Crippen LogP contribution in [0.4, 0.5) is 0 Å². The van der Waals surface area contributed by atoms with Gasteiger partial charge in [0.25, 0.3) is 5.56 Å². The topological polar surface area (TPSA) is 54.3 Å². The lowest BCUT2D eigenvalue weighted by molar-refractivity contribution is 0.149. The van der Waals surface area contributed by atoms with Crippen molar-refractivity contribution in [3.8, 4) is 0 Å². The van der Waals surface area contributed by atoms with E-state index in [0.29, 0.717) is 19.0 Å². The van der Waals surface area contributed by atoms with Crippen molar-refractivity contribution >= 4 is 15.9 Å². The molecule has 0 spiro atoms. The van der Waals surface area contributed by atoms with Gasteiger partial charge in [-0.2, -0.15) is 0 Å². The second kappa shape index (κ2) is 6.93. The Bertz CT molecular complexity index is 404. The molecule has 1 aromatic rings. The molecule has 0 saturated heterocycles. The lowest BCUT2D eigenvalue weighted by Crippen LogP contribution is -2.34. The number of pyridine rings is 1. The van der Waals surface area contributed by atoms with Crippen molar-refractivity contribution in [2.75, 3.05) is 13.1 Å². The van der Waals surface area contributed by atoms with E-state index in [4.69, 9.17) is 0 Å². The summed E-state index contributed by atoms with van der Waals surface area (Å²) < 4.78 is 2.34. The molecule has 0 saturated carbocycles. The number of aromatic nitrogens is 1. The van der Waals surface area contributed by atoms with Gasteiger partial charge in [0.1, 0.15) is 0 Å². The van der Waals surface area contributed by atoms with Crippen LogP contribution >= 0.6 is 15.9 Å². The van der Waals surface area contributed by atoms with Crippen LogP contribution in [-0.2, 0) is 6.54 Å². The lowest BCUT2D eigenvalue weighted by atomic mass is 10.2. The molecule has 0 fully saturated rings. The Hall–Kier alpha value is -0.650. The average molecular weight is 303 g/mol. The van der Waals surface area contributed by atoms with Gasteiger partial charge in [0.15, 0.2) is 0 Å². The molecular weight excluding hydrogens is 284 g/mol. The van der Waals surface area contributed by atoms with Crippen LogP contribution in [0.25, 0.3) is 0 Å². The molecule has 0 aliphatic rings. The van der Waals surface area contributed by atoms with Crippen LogP contribution in [0.15, 0.2) is 27.6 Å². The van der Waals surface area contributed by atoms with Gasteiger partial charge >= 0.3 is 0 Å². The summed E-state index contributed by atoms with van der Waals surface area (Å²) in [6, 6.07) is 3.18. The Morgan fingerprint density at radius 1 is 1.41 bits per heavy atom. The number of nitrogens with zero attached hydrogens (tertiary/aromatic N) is 1. The largest absolute Gasteiger partial charge is 0.390 e. The van der Waals surface area contributed by atoms with Gasteiger partial charge in [-0.3, -0.25) is 4.79 Å². The Balaban J connectivity index is 2.47. The highest BCUT2D eigenvalue weighted by Crippen LogP contribution is 2.05. The Kier molecular flexibility index (Phi) is 5.88. The third-order valence-corrected chi connectivity index (χ3v) is 2.76. The quantitative estimate of drug-likeness (QED) is 0.831. The van der Waals surface area contributed by atoms with E-state index in [1.807, 2.05) is 0 Å². The predicted octanol–water partition coefficient (Wildman–Crippen LogP) is 1.22. The van der Waals surface area contributed by atoms with Crippen LogP contribution in [-0.4, -0.2) is 28.9 Å². The monoisotopic (exact) mass is 302 g/mol. The van der Waals surface area contributed by atoms with E-state index in [1.54, 1.807) is 12.3 Å². The molecule has 0 aliphatic carbocycles. The number of hydrogen-bond acceptors (Lipinski definition) is 3. The minimum absolute atomic E-state index is 0.101. The molecule has 1 rings (SSSR count). The van der Waals surface area contributed by atoms with Crippen LogP contribution in [0.5, 0.6) is 0 Å². The number of aliphatic hydroxyl groups excluding tert-OH is 1. The average Bonchev–Trinajstić information content (AvgIpc) is 2.23. The number of hydrogen-bond donors (Lipinski definition) is 2. The normalized spacial score (nSPS) is 13.0. The van der Waals surface area contributed by atoms with E-state index in [0.717, 1.165) is 11.0 Å². The summed E-state index contributed by atoms with van der Waals surface area (Å²) in [6.07, 6.45) is 1.13. The first-order valence-corrected chi connectivity index (χ1v) is 6.53. The second-order valence-electron chi connectivity index (χ2n) is 4.54. The highest BCUT2D eigenvalue weighted by molar-refractivity contribution is 9.10.